The van der Waals surface area contributed by atoms with Crippen LogP contribution in [0.4, 0.5) is 5.69 Å². The number of rotatable bonds is 3. The van der Waals surface area contributed by atoms with Gasteiger partial charge in [0.25, 0.3) is 0 Å². The summed E-state index contributed by atoms with van der Waals surface area (Å²) in [5, 5.41) is 0.353. The highest BCUT2D eigenvalue weighted by molar-refractivity contribution is 6.33. The first-order valence-corrected chi connectivity index (χ1v) is 6.77. The number of fused-ring (bicyclic) bond motifs is 1. The highest BCUT2D eigenvalue weighted by Crippen LogP contribution is 2.31. The molecule has 0 amide bonds. The van der Waals surface area contributed by atoms with Crippen LogP contribution in [0.25, 0.3) is 0 Å². The number of aryl methyl sites for hydroxylation is 1. The zero-order chi connectivity index (χ0) is 13.8. The van der Waals surface area contributed by atoms with E-state index in [4.69, 9.17) is 27.9 Å². The number of aromatic nitrogens is 2. The lowest BCUT2D eigenvalue weighted by atomic mass is 10.0. The average molecular weight is 302 g/mol. The van der Waals surface area contributed by atoms with Crippen LogP contribution in [0, 0.1) is 5.92 Å². The predicted molar refractivity (Wildman–Crippen MR) is 73.3 cm³/mol. The van der Waals surface area contributed by atoms with Crippen molar-refractivity contribution < 1.29 is 9.53 Å². The van der Waals surface area contributed by atoms with Crippen LogP contribution in [0.5, 0.6) is 0 Å². The molecule has 2 heterocycles. The van der Waals surface area contributed by atoms with Gasteiger partial charge in [-0.3, -0.25) is 9.79 Å². The van der Waals surface area contributed by atoms with Crippen LogP contribution in [-0.4, -0.2) is 28.8 Å². The number of esters is 1. The van der Waals surface area contributed by atoms with Gasteiger partial charge >= 0.3 is 5.97 Å². The first kappa shape index (κ1) is 14.2. The molecule has 1 aliphatic heterocycles. The SMILES string of the molecule is CCOC(=O)CC1C=Nc2c(Cl)nc(Cl)nc2CC1. The molecule has 2 rings (SSSR count). The van der Waals surface area contributed by atoms with Gasteiger partial charge in [0, 0.05) is 12.1 Å². The molecule has 5 nitrogen and oxygen atoms in total. The molecular formula is C12H13Cl2N3O2. The summed E-state index contributed by atoms with van der Waals surface area (Å²) in [6.07, 6.45) is 3.43. The maximum Gasteiger partial charge on any atom is 0.306 e. The maximum atomic E-state index is 11.5. The molecule has 0 saturated heterocycles. The summed E-state index contributed by atoms with van der Waals surface area (Å²) in [7, 11) is 0. The van der Waals surface area contributed by atoms with Crippen LogP contribution in [0.15, 0.2) is 4.99 Å². The summed E-state index contributed by atoms with van der Waals surface area (Å²) in [5.74, 6) is -0.205. The predicted octanol–water partition coefficient (Wildman–Crippen LogP) is 3.00. The molecule has 1 aromatic heterocycles. The summed E-state index contributed by atoms with van der Waals surface area (Å²) >= 11 is 11.7. The minimum atomic E-state index is -0.222. The smallest absolute Gasteiger partial charge is 0.306 e. The van der Waals surface area contributed by atoms with Gasteiger partial charge in [0.1, 0.15) is 5.69 Å². The number of nitrogens with zero attached hydrogens (tertiary/aromatic N) is 3. The molecule has 19 heavy (non-hydrogen) atoms. The Hall–Kier alpha value is -1.20. The molecule has 0 spiro atoms. The molecule has 1 aliphatic rings. The minimum absolute atomic E-state index is 0.0168. The van der Waals surface area contributed by atoms with Crippen molar-refractivity contribution >= 4 is 41.1 Å². The number of aliphatic imine (C=N–C) groups is 1. The Morgan fingerprint density at radius 3 is 3.00 bits per heavy atom. The standard InChI is InChI=1S/C12H13Cl2N3O2/c1-2-19-9(18)5-7-3-4-8-10(15-6-7)11(13)17-12(14)16-8/h6-7H,2-5H2,1H3. The molecule has 0 aromatic carbocycles. The van der Waals surface area contributed by atoms with Crippen LogP contribution < -0.4 is 0 Å². The Bertz CT molecular complexity index is 520. The van der Waals surface area contributed by atoms with E-state index in [0.29, 0.717) is 30.8 Å². The molecule has 1 aromatic rings. The molecule has 7 heteroatoms. The lowest BCUT2D eigenvalue weighted by Gasteiger charge is -2.08. The largest absolute Gasteiger partial charge is 0.466 e. The van der Waals surface area contributed by atoms with E-state index in [-0.39, 0.29) is 22.3 Å². The van der Waals surface area contributed by atoms with Gasteiger partial charge in [-0.2, -0.15) is 0 Å². The quantitative estimate of drug-likeness (QED) is 0.489. The molecular weight excluding hydrogens is 289 g/mol. The van der Waals surface area contributed by atoms with E-state index < -0.39 is 0 Å². The molecule has 1 unspecified atom stereocenters. The van der Waals surface area contributed by atoms with Crippen molar-refractivity contribution in [2.45, 2.75) is 26.2 Å². The normalized spacial score (nSPS) is 17.7. The van der Waals surface area contributed by atoms with Crippen LogP contribution >= 0.6 is 23.2 Å². The fourth-order valence-corrected chi connectivity index (χ4v) is 2.38. The van der Waals surface area contributed by atoms with E-state index in [0.717, 1.165) is 6.42 Å². The van der Waals surface area contributed by atoms with Gasteiger partial charge < -0.3 is 4.74 Å². The Labute approximate surface area is 121 Å². The van der Waals surface area contributed by atoms with E-state index in [1.54, 1.807) is 13.1 Å². The zero-order valence-corrected chi connectivity index (χ0v) is 11.9. The molecule has 0 fully saturated rings. The molecule has 0 saturated carbocycles. The average Bonchev–Trinajstić information content (AvgIpc) is 2.52. The summed E-state index contributed by atoms with van der Waals surface area (Å²) in [6.45, 7) is 2.17. The van der Waals surface area contributed by atoms with Crippen LogP contribution in [0.2, 0.25) is 10.4 Å². The van der Waals surface area contributed by atoms with Crippen molar-refractivity contribution in [1.82, 2.24) is 9.97 Å². The fourth-order valence-electron chi connectivity index (χ4n) is 1.91. The number of hydrogen-bond donors (Lipinski definition) is 0. The van der Waals surface area contributed by atoms with E-state index in [9.17, 15) is 4.79 Å². The number of hydrogen-bond acceptors (Lipinski definition) is 5. The summed E-state index contributed by atoms with van der Waals surface area (Å²) < 4.78 is 4.93. The molecule has 0 N–H and O–H groups in total. The van der Waals surface area contributed by atoms with Crippen molar-refractivity contribution in [1.29, 1.82) is 0 Å². The second-order valence-electron chi connectivity index (χ2n) is 4.16. The van der Waals surface area contributed by atoms with E-state index >= 15 is 0 Å². The molecule has 0 radical (unpaired) electrons. The van der Waals surface area contributed by atoms with Crippen molar-refractivity contribution in [3.05, 3.63) is 16.1 Å². The molecule has 102 valence electrons. The van der Waals surface area contributed by atoms with E-state index in [1.807, 2.05) is 0 Å². The molecule has 0 bridgehead atoms. The number of carbonyl (C=O) groups excluding carboxylic acids is 1. The highest BCUT2D eigenvalue weighted by Gasteiger charge is 2.20. The van der Waals surface area contributed by atoms with Gasteiger partial charge in [-0.25, -0.2) is 9.97 Å². The van der Waals surface area contributed by atoms with Crippen LogP contribution in [-0.2, 0) is 16.0 Å². The number of carbonyl (C=O) groups is 1. The van der Waals surface area contributed by atoms with Crippen molar-refractivity contribution in [2.24, 2.45) is 10.9 Å². The van der Waals surface area contributed by atoms with Gasteiger partial charge in [0.2, 0.25) is 5.28 Å². The summed E-state index contributed by atoms with van der Waals surface area (Å²) in [4.78, 5) is 23.7. The Kier molecular flexibility index (Phi) is 4.71. The Balaban J connectivity index is 2.13. The topological polar surface area (TPSA) is 64.4 Å². The summed E-state index contributed by atoms with van der Waals surface area (Å²) in [6, 6.07) is 0. The van der Waals surface area contributed by atoms with Crippen molar-refractivity contribution in [3.8, 4) is 0 Å². The minimum Gasteiger partial charge on any atom is -0.466 e. The zero-order valence-electron chi connectivity index (χ0n) is 10.4. The lowest BCUT2D eigenvalue weighted by Crippen LogP contribution is -2.12. The Morgan fingerprint density at radius 1 is 1.47 bits per heavy atom. The number of ether oxygens (including phenoxy) is 1. The second-order valence-corrected chi connectivity index (χ2v) is 4.86. The first-order valence-electron chi connectivity index (χ1n) is 6.02. The van der Waals surface area contributed by atoms with E-state index in [1.165, 1.54) is 0 Å². The third-order valence-corrected chi connectivity index (χ3v) is 3.22. The fraction of sp³-hybridized carbons (Fsp3) is 0.500. The van der Waals surface area contributed by atoms with E-state index in [2.05, 4.69) is 15.0 Å². The lowest BCUT2D eigenvalue weighted by molar-refractivity contribution is -0.143. The Morgan fingerprint density at radius 2 is 2.26 bits per heavy atom. The highest BCUT2D eigenvalue weighted by atomic mass is 35.5. The third kappa shape index (κ3) is 3.64. The van der Waals surface area contributed by atoms with Gasteiger partial charge in [-0.05, 0) is 31.4 Å². The van der Waals surface area contributed by atoms with Crippen LogP contribution in [0.1, 0.15) is 25.5 Å². The molecule has 0 aliphatic carbocycles. The number of halogens is 2. The molecule has 1 atom stereocenters. The van der Waals surface area contributed by atoms with Gasteiger partial charge in [0.15, 0.2) is 5.15 Å². The third-order valence-electron chi connectivity index (χ3n) is 2.79. The summed E-state index contributed by atoms with van der Waals surface area (Å²) in [5.41, 5.74) is 1.25. The first-order chi connectivity index (χ1) is 9.10. The van der Waals surface area contributed by atoms with Crippen molar-refractivity contribution in [3.63, 3.8) is 0 Å². The van der Waals surface area contributed by atoms with Crippen LogP contribution in [0.3, 0.4) is 0 Å². The van der Waals surface area contributed by atoms with Crippen molar-refractivity contribution in [2.75, 3.05) is 6.61 Å². The van der Waals surface area contributed by atoms with Gasteiger partial charge in [-0.1, -0.05) is 11.6 Å². The maximum absolute atomic E-state index is 11.5. The van der Waals surface area contributed by atoms with Gasteiger partial charge in [0.05, 0.1) is 18.7 Å². The van der Waals surface area contributed by atoms with Gasteiger partial charge in [-0.15, -0.1) is 0 Å². The second kappa shape index (κ2) is 6.30. The monoisotopic (exact) mass is 301 g/mol.